The lowest BCUT2D eigenvalue weighted by molar-refractivity contribution is -0.121. The number of likely N-dealkylation sites (tertiary alicyclic amines) is 1. The number of benzene rings is 2. The van der Waals surface area contributed by atoms with Crippen LogP contribution in [0.5, 0.6) is 0 Å². The number of aromatic nitrogens is 2. The van der Waals surface area contributed by atoms with Gasteiger partial charge in [0.15, 0.2) is 0 Å². The number of hydrogen-bond acceptors (Lipinski definition) is 7. The molecule has 1 aliphatic heterocycles. The van der Waals surface area contributed by atoms with Crippen molar-refractivity contribution in [3.8, 4) is 11.4 Å². The van der Waals surface area contributed by atoms with Crippen LogP contribution in [0.4, 0.5) is 10.1 Å². The standard InChI is InChI=1S/C23H22ClFN4O4/c1-32-23(31)18-12-17(6-7-19(18)24)26-22(30)15-8-10-29(11-9-15)13-20-27-21(28-33-20)14-2-4-16(25)5-3-14/h2-7,12,15H,8-11,13H2,1H3,(H,26,30). The number of amides is 1. The number of nitrogens with zero attached hydrogens (tertiary/aromatic N) is 3. The molecule has 0 spiro atoms. The Morgan fingerprint density at radius 3 is 2.64 bits per heavy atom. The van der Waals surface area contributed by atoms with Gasteiger partial charge in [-0.2, -0.15) is 4.98 Å². The number of piperidine rings is 1. The number of ether oxygens (including phenoxy) is 1. The van der Waals surface area contributed by atoms with Gasteiger partial charge in [-0.1, -0.05) is 16.8 Å². The summed E-state index contributed by atoms with van der Waals surface area (Å²) in [6.07, 6.45) is 1.34. The molecule has 1 N–H and O–H groups in total. The predicted octanol–water partition coefficient (Wildman–Crippen LogP) is 4.17. The summed E-state index contributed by atoms with van der Waals surface area (Å²) in [4.78, 5) is 31.0. The van der Waals surface area contributed by atoms with Crippen LogP contribution in [-0.4, -0.2) is 47.1 Å². The fraction of sp³-hybridized carbons (Fsp3) is 0.304. The van der Waals surface area contributed by atoms with Crippen LogP contribution in [0.25, 0.3) is 11.4 Å². The summed E-state index contributed by atoms with van der Waals surface area (Å²) in [7, 11) is 1.27. The van der Waals surface area contributed by atoms with Crippen LogP contribution in [0.3, 0.4) is 0 Å². The van der Waals surface area contributed by atoms with Gasteiger partial charge in [0.1, 0.15) is 5.82 Å². The van der Waals surface area contributed by atoms with Gasteiger partial charge < -0.3 is 14.6 Å². The first-order valence-corrected chi connectivity index (χ1v) is 10.8. The average molecular weight is 473 g/mol. The summed E-state index contributed by atoms with van der Waals surface area (Å²) in [5, 5.41) is 7.08. The van der Waals surface area contributed by atoms with Gasteiger partial charge in [0, 0.05) is 17.2 Å². The molecule has 1 saturated heterocycles. The molecule has 3 aromatic rings. The molecule has 1 fully saturated rings. The lowest BCUT2D eigenvalue weighted by atomic mass is 9.95. The second-order valence-corrected chi connectivity index (χ2v) is 8.15. The van der Waals surface area contributed by atoms with Gasteiger partial charge in [-0.3, -0.25) is 9.69 Å². The van der Waals surface area contributed by atoms with E-state index in [2.05, 4.69) is 20.4 Å². The van der Waals surface area contributed by atoms with Crippen molar-refractivity contribution in [1.82, 2.24) is 15.0 Å². The number of carbonyl (C=O) groups excluding carboxylic acids is 2. The molecular weight excluding hydrogens is 451 g/mol. The van der Waals surface area contributed by atoms with Crippen molar-refractivity contribution in [2.24, 2.45) is 5.92 Å². The van der Waals surface area contributed by atoms with Crippen molar-refractivity contribution in [3.05, 3.63) is 64.8 Å². The van der Waals surface area contributed by atoms with Crippen molar-refractivity contribution in [3.63, 3.8) is 0 Å². The number of esters is 1. The highest BCUT2D eigenvalue weighted by Crippen LogP contribution is 2.25. The van der Waals surface area contributed by atoms with Gasteiger partial charge in [-0.25, -0.2) is 9.18 Å². The molecular formula is C23H22ClFN4O4. The minimum atomic E-state index is -0.562. The summed E-state index contributed by atoms with van der Waals surface area (Å²) in [6.45, 7) is 1.86. The van der Waals surface area contributed by atoms with E-state index in [0.29, 0.717) is 55.4 Å². The number of rotatable bonds is 6. The number of halogens is 2. The van der Waals surface area contributed by atoms with Crippen LogP contribution in [-0.2, 0) is 16.1 Å². The Labute approximate surface area is 194 Å². The number of nitrogens with one attached hydrogen (secondary N) is 1. The van der Waals surface area contributed by atoms with Crippen LogP contribution < -0.4 is 5.32 Å². The highest BCUT2D eigenvalue weighted by Gasteiger charge is 2.26. The molecule has 1 amide bonds. The summed E-state index contributed by atoms with van der Waals surface area (Å²) < 4.78 is 23.1. The van der Waals surface area contributed by atoms with E-state index < -0.39 is 5.97 Å². The average Bonchev–Trinajstić information content (AvgIpc) is 3.29. The third-order valence-electron chi connectivity index (χ3n) is 5.53. The molecule has 0 aliphatic carbocycles. The zero-order valence-electron chi connectivity index (χ0n) is 17.9. The Morgan fingerprint density at radius 1 is 1.21 bits per heavy atom. The molecule has 0 unspecified atom stereocenters. The Morgan fingerprint density at radius 2 is 1.94 bits per heavy atom. The Hall–Kier alpha value is -3.30. The Bertz CT molecular complexity index is 1140. The van der Waals surface area contributed by atoms with E-state index in [1.165, 1.54) is 25.3 Å². The molecule has 2 heterocycles. The van der Waals surface area contributed by atoms with Crippen molar-refractivity contribution < 1.29 is 23.2 Å². The van der Waals surface area contributed by atoms with E-state index in [4.69, 9.17) is 20.9 Å². The molecule has 2 aromatic carbocycles. The fourth-order valence-electron chi connectivity index (χ4n) is 3.69. The summed E-state index contributed by atoms with van der Waals surface area (Å²) in [5.74, 6) is -0.273. The third kappa shape index (κ3) is 5.55. The maximum Gasteiger partial charge on any atom is 0.339 e. The smallest absolute Gasteiger partial charge is 0.339 e. The van der Waals surface area contributed by atoms with Crippen LogP contribution in [0.2, 0.25) is 5.02 Å². The normalized spacial score (nSPS) is 14.8. The molecule has 0 bridgehead atoms. The molecule has 1 aromatic heterocycles. The minimum Gasteiger partial charge on any atom is -0.465 e. The molecule has 8 nitrogen and oxygen atoms in total. The zero-order chi connectivity index (χ0) is 23.4. The maximum atomic E-state index is 13.1. The SMILES string of the molecule is COC(=O)c1cc(NC(=O)C2CCN(Cc3nc(-c4ccc(F)cc4)no3)CC2)ccc1Cl. The highest BCUT2D eigenvalue weighted by atomic mass is 35.5. The number of anilines is 1. The molecule has 1 aliphatic rings. The molecule has 0 radical (unpaired) electrons. The first kappa shape index (κ1) is 22.9. The van der Waals surface area contributed by atoms with E-state index in [1.54, 1.807) is 24.3 Å². The van der Waals surface area contributed by atoms with E-state index in [0.717, 1.165) is 0 Å². The van der Waals surface area contributed by atoms with Crippen molar-refractivity contribution in [1.29, 1.82) is 0 Å². The summed E-state index contributed by atoms with van der Waals surface area (Å²) in [5.41, 5.74) is 1.37. The number of methoxy groups -OCH3 is 1. The Kier molecular flexibility index (Phi) is 7.00. The molecule has 4 rings (SSSR count). The second-order valence-electron chi connectivity index (χ2n) is 7.74. The molecule has 10 heteroatoms. The fourth-order valence-corrected chi connectivity index (χ4v) is 3.89. The molecule has 172 valence electrons. The zero-order valence-corrected chi connectivity index (χ0v) is 18.6. The monoisotopic (exact) mass is 472 g/mol. The van der Waals surface area contributed by atoms with Gasteiger partial charge in [-0.05, 0) is 68.4 Å². The lowest BCUT2D eigenvalue weighted by Crippen LogP contribution is -2.37. The largest absolute Gasteiger partial charge is 0.465 e. The van der Waals surface area contributed by atoms with Gasteiger partial charge in [-0.15, -0.1) is 0 Å². The van der Waals surface area contributed by atoms with E-state index in [9.17, 15) is 14.0 Å². The maximum absolute atomic E-state index is 13.1. The Balaban J connectivity index is 1.30. The lowest BCUT2D eigenvalue weighted by Gasteiger charge is -2.30. The summed E-state index contributed by atoms with van der Waals surface area (Å²) >= 11 is 6.03. The summed E-state index contributed by atoms with van der Waals surface area (Å²) in [6, 6.07) is 10.6. The van der Waals surface area contributed by atoms with Crippen LogP contribution in [0, 0.1) is 11.7 Å². The minimum absolute atomic E-state index is 0.107. The quantitative estimate of drug-likeness (QED) is 0.538. The number of hydrogen-bond donors (Lipinski definition) is 1. The van der Waals surface area contributed by atoms with Crippen LogP contribution >= 0.6 is 11.6 Å². The van der Waals surface area contributed by atoms with Crippen LogP contribution in [0.1, 0.15) is 29.1 Å². The topological polar surface area (TPSA) is 97.6 Å². The van der Waals surface area contributed by atoms with E-state index >= 15 is 0 Å². The first-order chi connectivity index (χ1) is 15.9. The second kappa shape index (κ2) is 10.1. The van der Waals surface area contributed by atoms with Gasteiger partial charge in [0.05, 0.1) is 24.2 Å². The van der Waals surface area contributed by atoms with Gasteiger partial charge in [0.25, 0.3) is 0 Å². The van der Waals surface area contributed by atoms with E-state index in [1.807, 2.05) is 0 Å². The molecule has 0 atom stereocenters. The predicted molar refractivity (Wildman–Crippen MR) is 119 cm³/mol. The molecule has 33 heavy (non-hydrogen) atoms. The first-order valence-electron chi connectivity index (χ1n) is 10.4. The van der Waals surface area contributed by atoms with Gasteiger partial charge in [0.2, 0.25) is 17.6 Å². The van der Waals surface area contributed by atoms with Crippen molar-refractivity contribution >= 4 is 29.2 Å². The van der Waals surface area contributed by atoms with E-state index in [-0.39, 0.29) is 28.2 Å². The molecule has 0 saturated carbocycles. The highest BCUT2D eigenvalue weighted by molar-refractivity contribution is 6.33. The van der Waals surface area contributed by atoms with Crippen molar-refractivity contribution in [2.45, 2.75) is 19.4 Å². The third-order valence-corrected chi connectivity index (χ3v) is 5.86. The number of carbonyl (C=O) groups is 2. The van der Waals surface area contributed by atoms with Crippen LogP contribution in [0.15, 0.2) is 47.0 Å². The van der Waals surface area contributed by atoms with Crippen molar-refractivity contribution in [2.75, 3.05) is 25.5 Å². The van der Waals surface area contributed by atoms with Gasteiger partial charge >= 0.3 is 5.97 Å².